The Kier molecular flexibility index (Phi) is 8.25. The average Bonchev–Trinajstić information content (AvgIpc) is 3.26. The highest BCUT2D eigenvalue weighted by Gasteiger charge is 2.43. The lowest BCUT2D eigenvalue weighted by Gasteiger charge is -2.28. The van der Waals surface area contributed by atoms with E-state index in [1.165, 1.54) is 12.8 Å². The van der Waals surface area contributed by atoms with E-state index in [4.69, 9.17) is 9.84 Å². The van der Waals surface area contributed by atoms with Gasteiger partial charge in [0.2, 0.25) is 0 Å². The van der Waals surface area contributed by atoms with Gasteiger partial charge in [-0.25, -0.2) is 4.79 Å². The third-order valence-corrected chi connectivity index (χ3v) is 6.43. The van der Waals surface area contributed by atoms with E-state index in [0.717, 1.165) is 18.8 Å². The molecule has 0 amide bonds. The normalized spacial score (nSPS) is 32.4. The first kappa shape index (κ1) is 22.3. The highest BCUT2D eigenvalue weighted by atomic mass is 16.5. The molecule has 3 N–H and O–H groups in total. The van der Waals surface area contributed by atoms with E-state index in [9.17, 15) is 19.8 Å². The second-order valence-electron chi connectivity index (χ2n) is 8.85. The number of carbonyl (C=O) groups is 2. The summed E-state index contributed by atoms with van der Waals surface area (Å²) < 4.78 is 5.02. The van der Waals surface area contributed by atoms with Crippen molar-refractivity contribution in [2.75, 3.05) is 13.2 Å². The zero-order valence-corrected chi connectivity index (χ0v) is 16.7. The summed E-state index contributed by atoms with van der Waals surface area (Å²) in [4.78, 5) is 22.7. The zero-order valence-electron chi connectivity index (χ0n) is 16.7. The lowest BCUT2D eigenvalue weighted by molar-refractivity contribution is -0.142. The van der Waals surface area contributed by atoms with Gasteiger partial charge >= 0.3 is 5.97 Å². The third-order valence-electron chi connectivity index (χ3n) is 6.43. The summed E-state index contributed by atoms with van der Waals surface area (Å²) in [5.41, 5.74) is -0.727. The second-order valence-corrected chi connectivity index (χ2v) is 8.85. The van der Waals surface area contributed by atoms with Gasteiger partial charge < -0.3 is 20.1 Å². The number of ether oxygens (including phenoxy) is 1. The van der Waals surface area contributed by atoms with Crippen molar-refractivity contribution in [1.29, 1.82) is 0 Å². The van der Waals surface area contributed by atoms with Crippen LogP contribution in [-0.4, -0.2) is 52.0 Å². The minimum atomic E-state index is -0.979. The number of aliphatic hydroxyl groups excluding tert-OH is 1. The molecule has 2 saturated carbocycles. The highest BCUT2D eigenvalue weighted by Crippen LogP contribution is 2.47. The van der Waals surface area contributed by atoms with Crippen LogP contribution in [0, 0.1) is 23.7 Å². The van der Waals surface area contributed by atoms with Crippen molar-refractivity contribution in [3.63, 3.8) is 0 Å². The summed E-state index contributed by atoms with van der Waals surface area (Å²) in [6.45, 7) is 4.15. The number of ketones is 1. The average molecular weight is 385 g/mol. The lowest BCUT2D eigenvalue weighted by atomic mass is 9.82. The Bertz CT molecular complexity index is 503. The van der Waals surface area contributed by atoms with Crippen LogP contribution in [0.2, 0.25) is 0 Å². The summed E-state index contributed by atoms with van der Waals surface area (Å²) in [6, 6.07) is 0. The Hall–Kier alpha value is -0.980. The van der Waals surface area contributed by atoms with Crippen LogP contribution in [0.1, 0.15) is 71.6 Å². The summed E-state index contributed by atoms with van der Waals surface area (Å²) in [6.07, 6.45) is 6.27. The van der Waals surface area contributed by atoms with Crippen LogP contribution in [0.4, 0.5) is 0 Å². The molecule has 0 aromatic rings. The number of carbonyl (C=O) groups excluding carboxylic acids is 1. The number of carboxylic acids is 1. The van der Waals surface area contributed by atoms with Crippen molar-refractivity contribution >= 4 is 11.8 Å². The van der Waals surface area contributed by atoms with E-state index in [-0.39, 0.29) is 30.6 Å². The fraction of sp³-hybridized carbons (Fsp3) is 0.905. The van der Waals surface area contributed by atoms with Crippen LogP contribution >= 0.6 is 0 Å². The number of aliphatic hydroxyl groups is 2. The molecule has 2 aliphatic carbocycles. The van der Waals surface area contributed by atoms with Gasteiger partial charge in [-0.15, -0.1) is 0 Å². The van der Waals surface area contributed by atoms with Gasteiger partial charge in [0.25, 0.3) is 0 Å². The van der Waals surface area contributed by atoms with Crippen molar-refractivity contribution < 1.29 is 29.6 Å². The maximum absolute atomic E-state index is 12.3. The molecule has 0 aromatic heterocycles. The van der Waals surface area contributed by atoms with Crippen molar-refractivity contribution in [2.24, 2.45) is 23.7 Å². The molecule has 6 heteroatoms. The van der Waals surface area contributed by atoms with Gasteiger partial charge in [-0.1, -0.05) is 19.8 Å². The molecule has 0 heterocycles. The largest absolute Gasteiger partial charge is 0.480 e. The molecular weight excluding hydrogens is 348 g/mol. The van der Waals surface area contributed by atoms with Crippen molar-refractivity contribution in [3.8, 4) is 0 Å². The molecule has 0 spiro atoms. The minimum absolute atomic E-state index is 0.0786. The van der Waals surface area contributed by atoms with Crippen molar-refractivity contribution in [2.45, 2.75) is 83.3 Å². The number of Topliss-reactive ketones (excluding diaryl/α,β-unsaturated/α-hetero) is 1. The first-order valence-corrected chi connectivity index (χ1v) is 10.5. The molecule has 6 atom stereocenters. The van der Waals surface area contributed by atoms with Gasteiger partial charge in [0.15, 0.2) is 0 Å². The van der Waals surface area contributed by atoms with Gasteiger partial charge in [0, 0.05) is 18.9 Å². The first-order valence-electron chi connectivity index (χ1n) is 10.5. The molecule has 0 aromatic carbocycles. The van der Waals surface area contributed by atoms with E-state index in [0.29, 0.717) is 38.2 Å². The number of hydrogen-bond donors (Lipinski definition) is 3. The fourth-order valence-corrected chi connectivity index (χ4v) is 4.72. The smallest absolute Gasteiger partial charge is 0.329 e. The Labute approximate surface area is 162 Å². The molecule has 156 valence electrons. The first-order chi connectivity index (χ1) is 12.7. The number of rotatable bonds is 13. The quantitative estimate of drug-likeness (QED) is 0.422. The fourth-order valence-electron chi connectivity index (χ4n) is 4.72. The Morgan fingerprint density at radius 3 is 2.63 bits per heavy atom. The van der Waals surface area contributed by atoms with E-state index in [2.05, 4.69) is 6.92 Å². The summed E-state index contributed by atoms with van der Waals surface area (Å²) in [5.74, 6) is 0.289. The standard InChI is InChI=1S/C21H36O6/c1-3-14-10-15(14)12-21(2,26)8-7-17-16(18(22)11-19(17)23)6-4-5-9-27-13-20(24)25/h14-17,19,23,26H,3-13H2,1-2H3,(H,24,25)/t14?,15?,16-,17-,19-,21?/m1/s1. The SMILES string of the molecule is CCC1CC1CC(C)(O)CC[C@H]1[C@H](O)CC(=O)[C@@H]1CCCCOCC(=O)O. The van der Waals surface area contributed by atoms with Gasteiger partial charge in [0.1, 0.15) is 12.4 Å². The maximum atomic E-state index is 12.3. The number of hydrogen-bond acceptors (Lipinski definition) is 5. The molecule has 2 rings (SSSR count). The number of unbranched alkanes of at least 4 members (excludes halogenated alkanes) is 1. The van der Waals surface area contributed by atoms with Gasteiger partial charge in [-0.05, 0) is 63.2 Å². The Balaban J connectivity index is 1.74. The molecule has 2 fully saturated rings. The van der Waals surface area contributed by atoms with Crippen molar-refractivity contribution in [1.82, 2.24) is 0 Å². The Morgan fingerprint density at radius 1 is 1.26 bits per heavy atom. The Morgan fingerprint density at radius 2 is 2.00 bits per heavy atom. The molecule has 27 heavy (non-hydrogen) atoms. The third kappa shape index (κ3) is 7.16. The molecule has 0 aliphatic heterocycles. The minimum Gasteiger partial charge on any atom is -0.480 e. The number of carboxylic acid groups (broad SMARTS) is 1. The van der Waals surface area contributed by atoms with E-state index in [1.54, 1.807) is 0 Å². The van der Waals surface area contributed by atoms with Crippen LogP contribution in [0.5, 0.6) is 0 Å². The zero-order chi connectivity index (χ0) is 20.0. The van der Waals surface area contributed by atoms with Crippen LogP contribution in [-0.2, 0) is 14.3 Å². The number of aliphatic carboxylic acids is 1. The monoisotopic (exact) mass is 384 g/mol. The molecule has 0 saturated heterocycles. The second kappa shape index (κ2) is 9.99. The summed E-state index contributed by atoms with van der Waals surface area (Å²) >= 11 is 0. The van der Waals surface area contributed by atoms with Crippen LogP contribution in [0.15, 0.2) is 0 Å². The van der Waals surface area contributed by atoms with Crippen molar-refractivity contribution in [3.05, 3.63) is 0 Å². The summed E-state index contributed by atoms with van der Waals surface area (Å²) in [5, 5.41) is 29.6. The van der Waals surface area contributed by atoms with E-state index < -0.39 is 17.7 Å². The van der Waals surface area contributed by atoms with Gasteiger partial charge in [-0.2, -0.15) is 0 Å². The van der Waals surface area contributed by atoms with E-state index in [1.807, 2.05) is 6.92 Å². The predicted molar refractivity (Wildman–Crippen MR) is 101 cm³/mol. The van der Waals surface area contributed by atoms with Crippen LogP contribution in [0.25, 0.3) is 0 Å². The topological polar surface area (TPSA) is 104 Å². The molecule has 0 bridgehead atoms. The molecular formula is C21H36O6. The molecule has 3 unspecified atom stereocenters. The molecule has 0 radical (unpaired) electrons. The lowest BCUT2D eigenvalue weighted by Crippen LogP contribution is -2.29. The van der Waals surface area contributed by atoms with Gasteiger partial charge in [0.05, 0.1) is 11.7 Å². The molecule has 6 nitrogen and oxygen atoms in total. The van der Waals surface area contributed by atoms with Crippen LogP contribution in [0.3, 0.4) is 0 Å². The molecule has 2 aliphatic rings. The van der Waals surface area contributed by atoms with Crippen LogP contribution < -0.4 is 0 Å². The predicted octanol–water partition coefficient (Wildman–Crippen LogP) is 2.79. The highest BCUT2D eigenvalue weighted by molar-refractivity contribution is 5.84. The van der Waals surface area contributed by atoms with E-state index >= 15 is 0 Å². The van der Waals surface area contributed by atoms with Gasteiger partial charge in [-0.3, -0.25) is 4.79 Å². The summed E-state index contributed by atoms with van der Waals surface area (Å²) in [7, 11) is 0. The maximum Gasteiger partial charge on any atom is 0.329 e.